The van der Waals surface area contributed by atoms with Crippen LogP contribution >= 0.6 is 11.8 Å². The number of rotatable bonds is 7. The molecule has 18 heavy (non-hydrogen) atoms. The predicted molar refractivity (Wildman–Crippen MR) is 78.8 cm³/mol. The van der Waals surface area contributed by atoms with Crippen LogP contribution in [0.25, 0.3) is 0 Å². The molecule has 0 aliphatic carbocycles. The maximum absolute atomic E-state index is 11.8. The lowest BCUT2D eigenvalue weighted by Gasteiger charge is -2.13. The van der Waals surface area contributed by atoms with Crippen molar-refractivity contribution in [2.75, 3.05) is 11.1 Å². The molecule has 0 radical (unpaired) electrons. The van der Waals surface area contributed by atoms with E-state index in [1.54, 1.807) is 17.8 Å². The third-order valence-electron chi connectivity index (χ3n) is 2.26. The Morgan fingerprint density at radius 1 is 1.39 bits per heavy atom. The van der Waals surface area contributed by atoms with Crippen molar-refractivity contribution in [2.45, 2.75) is 17.4 Å². The average molecular weight is 262 g/mol. The Morgan fingerprint density at radius 2 is 2.11 bits per heavy atom. The van der Waals surface area contributed by atoms with Crippen LogP contribution in [-0.2, 0) is 4.79 Å². The van der Waals surface area contributed by atoms with Crippen molar-refractivity contribution in [2.24, 2.45) is 5.73 Å². The van der Waals surface area contributed by atoms with Gasteiger partial charge in [-0.25, -0.2) is 0 Å². The Balaban J connectivity index is 2.73. The first kappa shape index (κ1) is 14.5. The highest BCUT2D eigenvalue weighted by Gasteiger charge is 2.13. The fourth-order valence-corrected chi connectivity index (χ4v) is 2.10. The number of nitrogens with one attached hydrogen (secondary N) is 1. The zero-order valence-electron chi connectivity index (χ0n) is 10.3. The van der Waals surface area contributed by atoms with E-state index in [0.717, 1.165) is 16.3 Å². The first-order valence-corrected chi connectivity index (χ1v) is 6.67. The van der Waals surface area contributed by atoms with Crippen LogP contribution in [0.15, 0.2) is 54.5 Å². The highest BCUT2D eigenvalue weighted by atomic mass is 32.2. The summed E-state index contributed by atoms with van der Waals surface area (Å²) in [6.45, 7) is 7.25. The summed E-state index contributed by atoms with van der Waals surface area (Å²) in [5, 5.41) is 2.84. The molecule has 1 aromatic carbocycles. The highest BCUT2D eigenvalue weighted by molar-refractivity contribution is 7.99. The van der Waals surface area contributed by atoms with E-state index < -0.39 is 6.04 Å². The standard InChI is InChI=1S/C14H18N2OS/c1-3-7-11(15)14(17)16-12-8-5-6-9-13(12)18-10-4-2/h3-6,8-9,11H,1-2,7,10,15H2,(H,16,17). The van der Waals surface area contributed by atoms with Crippen molar-refractivity contribution in [1.82, 2.24) is 0 Å². The van der Waals surface area contributed by atoms with Crippen molar-refractivity contribution in [3.63, 3.8) is 0 Å². The van der Waals surface area contributed by atoms with E-state index in [0.29, 0.717) is 6.42 Å². The molecule has 1 amide bonds. The van der Waals surface area contributed by atoms with Crippen molar-refractivity contribution in [3.8, 4) is 0 Å². The maximum Gasteiger partial charge on any atom is 0.241 e. The van der Waals surface area contributed by atoms with Crippen LogP contribution in [0, 0.1) is 0 Å². The van der Waals surface area contributed by atoms with Crippen LogP contribution < -0.4 is 11.1 Å². The zero-order valence-corrected chi connectivity index (χ0v) is 11.1. The second-order valence-corrected chi connectivity index (χ2v) is 4.78. The highest BCUT2D eigenvalue weighted by Crippen LogP contribution is 2.26. The van der Waals surface area contributed by atoms with Gasteiger partial charge in [0.15, 0.2) is 0 Å². The van der Waals surface area contributed by atoms with Gasteiger partial charge in [-0.05, 0) is 18.6 Å². The first-order valence-electron chi connectivity index (χ1n) is 5.69. The molecule has 1 rings (SSSR count). The van der Waals surface area contributed by atoms with Crippen molar-refractivity contribution < 1.29 is 4.79 Å². The molecule has 1 aromatic rings. The van der Waals surface area contributed by atoms with E-state index in [9.17, 15) is 4.79 Å². The Labute approximate surface area is 112 Å². The second kappa shape index (κ2) is 7.74. The lowest BCUT2D eigenvalue weighted by atomic mass is 10.2. The Bertz CT molecular complexity index is 432. The van der Waals surface area contributed by atoms with Crippen LogP contribution in [0.2, 0.25) is 0 Å². The smallest absolute Gasteiger partial charge is 0.241 e. The molecule has 3 N–H and O–H groups in total. The molecule has 0 aromatic heterocycles. The summed E-state index contributed by atoms with van der Waals surface area (Å²) in [6.07, 6.45) is 3.93. The quantitative estimate of drug-likeness (QED) is 0.587. The van der Waals surface area contributed by atoms with Gasteiger partial charge in [0, 0.05) is 10.6 Å². The minimum Gasteiger partial charge on any atom is -0.324 e. The van der Waals surface area contributed by atoms with Gasteiger partial charge in [-0.3, -0.25) is 4.79 Å². The molecule has 0 spiro atoms. The minimum absolute atomic E-state index is 0.193. The molecule has 96 valence electrons. The van der Waals surface area contributed by atoms with Gasteiger partial charge in [0.1, 0.15) is 0 Å². The molecule has 1 unspecified atom stereocenters. The van der Waals surface area contributed by atoms with Crippen molar-refractivity contribution in [3.05, 3.63) is 49.6 Å². The van der Waals surface area contributed by atoms with Crippen LogP contribution in [0.4, 0.5) is 5.69 Å². The molecule has 0 saturated heterocycles. The number of para-hydroxylation sites is 1. The summed E-state index contributed by atoms with van der Waals surface area (Å²) in [6, 6.07) is 7.09. The van der Waals surface area contributed by atoms with Gasteiger partial charge in [-0.15, -0.1) is 24.9 Å². The van der Waals surface area contributed by atoms with Crippen molar-refractivity contribution >= 4 is 23.4 Å². The second-order valence-electron chi connectivity index (χ2n) is 3.72. The summed E-state index contributed by atoms with van der Waals surface area (Å²) in [5.41, 5.74) is 6.51. The van der Waals surface area contributed by atoms with Gasteiger partial charge in [-0.1, -0.05) is 24.3 Å². The monoisotopic (exact) mass is 262 g/mol. The number of benzene rings is 1. The SMILES string of the molecule is C=CCSc1ccccc1NC(=O)C(N)CC=C. The molecule has 0 bridgehead atoms. The molecule has 0 aliphatic rings. The van der Waals surface area contributed by atoms with Gasteiger partial charge in [0.25, 0.3) is 0 Å². The fraction of sp³-hybridized carbons (Fsp3) is 0.214. The van der Waals surface area contributed by atoms with E-state index in [1.165, 1.54) is 0 Å². The van der Waals surface area contributed by atoms with Crippen LogP contribution in [0.3, 0.4) is 0 Å². The lowest BCUT2D eigenvalue weighted by molar-refractivity contribution is -0.117. The number of hydrogen-bond donors (Lipinski definition) is 2. The molecule has 0 fully saturated rings. The zero-order chi connectivity index (χ0) is 13.4. The topological polar surface area (TPSA) is 55.1 Å². The van der Waals surface area contributed by atoms with Crippen molar-refractivity contribution in [1.29, 1.82) is 0 Å². The molecule has 0 aliphatic heterocycles. The van der Waals surface area contributed by atoms with E-state index >= 15 is 0 Å². The molecule has 1 atom stereocenters. The number of carbonyl (C=O) groups excluding carboxylic acids is 1. The van der Waals surface area contributed by atoms with Crippen LogP contribution in [-0.4, -0.2) is 17.7 Å². The predicted octanol–water partition coefficient (Wildman–Crippen LogP) is 2.81. The van der Waals surface area contributed by atoms with E-state index in [-0.39, 0.29) is 5.91 Å². The summed E-state index contributed by atoms with van der Waals surface area (Å²) < 4.78 is 0. The lowest BCUT2D eigenvalue weighted by Crippen LogP contribution is -2.35. The Hall–Kier alpha value is -1.52. The summed E-state index contributed by atoms with van der Waals surface area (Å²) in [4.78, 5) is 12.8. The number of amides is 1. The molecule has 0 saturated carbocycles. The van der Waals surface area contributed by atoms with Gasteiger partial charge in [0.2, 0.25) is 5.91 Å². The number of nitrogens with two attached hydrogens (primary N) is 1. The Kier molecular flexibility index (Phi) is 6.25. The fourth-order valence-electron chi connectivity index (χ4n) is 1.36. The average Bonchev–Trinajstić information content (AvgIpc) is 2.38. The number of thioether (sulfide) groups is 1. The largest absolute Gasteiger partial charge is 0.324 e. The normalized spacial score (nSPS) is 11.6. The van der Waals surface area contributed by atoms with Gasteiger partial charge >= 0.3 is 0 Å². The van der Waals surface area contributed by atoms with Gasteiger partial charge in [0.05, 0.1) is 11.7 Å². The van der Waals surface area contributed by atoms with E-state index in [4.69, 9.17) is 5.73 Å². The molecule has 3 nitrogen and oxygen atoms in total. The minimum atomic E-state index is -0.556. The summed E-state index contributed by atoms with van der Waals surface area (Å²) in [5.74, 6) is 0.604. The molecule has 4 heteroatoms. The molecular formula is C14H18N2OS. The number of anilines is 1. The summed E-state index contributed by atoms with van der Waals surface area (Å²) >= 11 is 1.62. The molecular weight excluding hydrogens is 244 g/mol. The number of hydrogen-bond acceptors (Lipinski definition) is 3. The Morgan fingerprint density at radius 3 is 2.78 bits per heavy atom. The third-order valence-corrected chi connectivity index (χ3v) is 3.33. The van der Waals surface area contributed by atoms with Gasteiger partial charge < -0.3 is 11.1 Å². The third kappa shape index (κ3) is 4.39. The maximum atomic E-state index is 11.8. The first-order chi connectivity index (χ1) is 8.69. The number of carbonyl (C=O) groups is 1. The van der Waals surface area contributed by atoms with E-state index in [1.807, 2.05) is 30.3 Å². The van der Waals surface area contributed by atoms with E-state index in [2.05, 4.69) is 18.5 Å². The van der Waals surface area contributed by atoms with Crippen LogP contribution in [0.5, 0.6) is 0 Å². The molecule has 0 heterocycles. The van der Waals surface area contributed by atoms with Crippen LogP contribution in [0.1, 0.15) is 6.42 Å². The van der Waals surface area contributed by atoms with Gasteiger partial charge in [-0.2, -0.15) is 0 Å². The summed E-state index contributed by atoms with van der Waals surface area (Å²) in [7, 11) is 0.